The summed E-state index contributed by atoms with van der Waals surface area (Å²) in [6, 6.07) is 9.87. The first-order valence-corrected chi connectivity index (χ1v) is 8.39. The first-order chi connectivity index (χ1) is 12.5. The Morgan fingerprint density at radius 3 is 2.77 bits per heavy atom. The van der Waals surface area contributed by atoms with Crippen LogP contribution in [0.4, 0.5) is 5.69 Å². The molecule has 0 radical (unpaired) electrons. The summed E-state index contributed by atoms with van der Waals surface area (Å²) in [5.74, 6) is 0.173. The van der Waals surface area contributed by atoms with E-state index in [0.29, 0.717) is 46.5 Å². The van der Waals surface area contributed by atoms with Gasteiger partial charge < -0.3 is 20.5 Å². The quantitative estimate of drug-likeness (QED) is 0.806. The van der Waals surface area contributed by atoms with E-state index in [4.69, 9.17) is 26.8 Å². The van der Waals surface area contributed by atoms with Gasteiger partial charge in [0.25, 0.3) is 0 Å². The molecule has 134 valence electrons. The number of ether oxygens (including phenoxy) is 2. The Kier molecular flexibility index (Phi) is 5.43. The van der Waals surface area contributed by atoms with Crippen LogP contribution in [0.25, 0.3) is 6.08 Å². The lowest BCUT2D eigenvalue weighted by Gasteiger charge is -2.10. The summed E-state index contributed by atoms with van der Waals surface area (Å²) in [5.41, 5.74) is 6.74. The highest BCUT2D eigenvalue weighted by Crippen LogP contribution is 2.38. The Hall–Kier alpha value is -2.99. The smallest absolute Gasteiger partial charge is 0.248 e. The molecule has 6 nitrogen and oxygen atoms in total. The van der Waals surface area contributed by atoms with Crippen molar-refractivity contribution >= 4 is 35.2 Å². The average molecular weight is 373 g/mol. The third-order valence-corrected chi connectivity index (χ3v) is 3.95. The maximum absolute atomic E-state index is 12.1. The number of primary amides is 1. The van der Waals surface area contributed by atoms with E-state index in [1.54, 1.807) is 36.4 Å². The zero-order valence-electron chi connectivity index (χ0n) is 13.8. The highest BCUT2D eigenvalue weighted by Gasteiger charge is 2.15. The van der Waals surface area contributed by atoms with E-state index in [1.165, 1.54) is 12.1 Å². The number of amides is 2. The molecule has 2 amide bonds. The summed E-state index contributed by atoms with van der Waals surface area (Å²) in [5, 5.41) is 3.10. The second-order valence-electron chi connectivity index (χ2n) is 5.65. The lowest BCUT2D eigenvalue weighted by atomic mass is 10.1. The molecule has 1 heterocycles. The van der Waals surface area contributed by atoms with Crippen LogP contribution in [0.1, 0.15) is 22.3 Å². The van der Waals surface area contributed by atoms with E-state index in [-0.39, 0.29) is 5.91 Å². The molecular formula is C19H17ClN2O4. The number of hydrogen-bond donors (Lipinski definition) is 2. The van der Waals surface area contributed by atoms with Crippen molar-refractivity contribution in [3.8, 4) is 11.5 Å². The molecule has 1 aliphatic rings. The number of hydrogen-bond acceptors (Lipinski definition) is 4. The molecule has 0 fully saturated rings. The van der Waals surface area contributed by atoms with Gasteiger partial charge in [0, 0.05) is 23.7 Å². The zero-order valence-corrected chi connectivity index (χ0v) is 14.6. The van der Waals surface area contributed by atoms with E-state index < -0.39 is 5.91 Å². The minimum atomic E-state index is -0.557. The molecule has 2 aromatic carbocycles. The number of rotatable bonds is 4. The molecule has 1 aliphatic heterocycles. The van der Waals surface area contributed by atoms with Gasteiger partial charge in [0.15, 0.2) is 11.5 Å². The van der Waals surface area contributed by atoms with Crippen LogP contribution in [0.5, 0.6) is 11.5 Å². The third kappa shape index (κ3) is 4.34. The van der Waals surface area contributed by atoms with Crippen LogP contribution in [-0.2, 0) is 4.79 Å². The summed E-state index contributed by atoms with van der Waals surface area (Å²) < 4.78 is 11.2. The van der Waals surface area contributed by atoms with Gasteiger partial charge in [-0.3, -0.25) is 9.59 Å². The molecule has 0 saturated heterocycles. The van der Waals surface area contributed by atoms with E-state index in [1.807, 2.05) is 0 Å². The van der Waals surface area contributed by atoms with Crippen LogP contribution in [-0.4, -0.2) is 25.0 Å². The van der Waals surface area contributed by atoms with Crippen LogP contribution in [0.3, 0.4) is 0 Å². The Bertz CT molecular complexity index is 880. The number of nitrogens with two attached hydrogens (primary N) is 1. The number of anilines is 1. The molecule has 0 bridgehead atoms. The predicted octanol–water partition coefficient (Wildman–Crippen LogP) is 3.25. The average Bonchev–Trinajstić information content (AvgIpc) is 2.86. The standard InChI is InChI=1S/C19H17ClN2O4/c20-15-9-12(10-16-18(15)26-8-2-7-25-16)5-6-17(23)22-14-4-1-3-13(11-14)19(21)24/h1,3-6,9-11H,2,7-8H2,(H2,21,24)(H,22,23)/b6-5+. The molecule has 3 N–H and O–H groups in total. The van der Waals surface area contributed by atoms with Crippen molar-refractivity contribution in [3.05, 3.63) is 58.6 Å². The molecule has 0 spiro atoms. The number of carbonyl (C=O) groups excluding carboxylic acids is 2. The molecule has 26 heavy (non-hydrogen) atoms. The first kappa shape index (κ1) is 17.8. The van der Waals surface area contributed by atoms with E-state index in [2.05, 4.69) is 5.32 Å². The van der Waals surface area contributed by atoms with Gasteiger partial charge in [-0.1, -0.05) is 17.7 Å². The minimum Gasteiger partial charge on any atom is -0.489 e. The van der Waals surface area contributed by atoms with Crippen LogP contribution >= 0.6 is 11.6 Å². The molecule has 3 rings (SSSR count). The van der Waals surface area contributed by atoms with Crippen molar-refractivity contribution < 1.29 is 19.1 Å². The Morgan fingerprint density at radius 2 is 1.96 bits per heavy atom. The van der Waals surface area contributed by atoms with Crippen LogP contribution in [0, 0.1) is 0 Å². The van der Waals surface area contributed by atoms with Gasteiger partial charge in [0.05, 0.1) is 18.2 Å². The minimum absolute atomic E-state index is 0.321. The fourth-order valence-corrected chi connectivity index (χ4v) is 2.73. The largest absolute Gasteiger partial charge is 0.489 e. The van der Waals surface area contributed by atoms with Crippen LogP contribution < -0.4 is 20.5 Å². The van der Waals surface area contributed by atoms with Gasteiger partial charge in [0.2, 0.25) is 11.8 Å². The van der Waals surface area contributed by atoms with Gasteiger partial charge >= 0.3 is 0 Å². The maximum Gasteiger partial charge on any atom is 0.248 e. The first-order valence-electron chi connectivity index (χ1n) is 8.01. The van der Waals surface area contributed by atoms with E-state index >= 15 is 0 Å². The molecule has 2 aromatic rings. The summed E-state index contributed by atoms with van der Waals surface area (Å²) in [4.78, 5) is 23.3. The highest BCUT2D eigenvalue weighted by molar-refractivity contribution is 6.32. The van der Waals surface area contributed by atoms with Crippen molar-refractivity contribution in [2.75, 3.05) is 18.5 Å². The fraction of sp³-hybridized carbons (Fsp3) is 0.158. The van der Waals surface area contributed by atoms with Crippen molar-refractivity contribution in [3.63, 3.8) is 0 Å². The topological polar surface area (TPSA) is 90.7 Å². The predicted molar refractivity (Wildman–Crippen MR) is 99.7 cm³/mol. The van der Waals surface area contributed by atoms with Crippen molar-refractivity contribution in [2.45, 2.75) is 6.42 Å². The second-order valence-corrected chi connectivity index (χ2v) is 6.06. The lowest BCUT2D eigenvalue weighted by Crippen LogP contribution is -2.12. The van der Waals surface area contributed by atoms with Crippen LogP contribution in [0.15, 0.2) is 42.5 Å². The summed E-state index contributed by atoms with van der Waals surface area (Å²) in [6.07, 6.45) is 3.77. The van der Waals surface area contributed by atoms with Gasteiger partial charge in [0.1, 0.15) is 0 Å². The molecule has 0 atom stereocenters. The number of benzene rings is 2. The fourth-order valence-electron chi connectivity index (χ4n) is 2.45. The van der Waals surface area contributed by atoms with Crippen molar-refractivity contribution in [1.29, 1.82) is 0 Å². The van der Waals surface area contributed by atoms with Gasteiger partial charge in [-0.15, -0.1) is 0 Å². The summed E-state index contributed by atoms with van der Waals surface area (Å²) >= 11 is 6.23. The third-order valence-electron chi connectivity index (χ3n) is 3.67. The Labute approximate surface area is 155 Å². The van der Waals surface area contributed by atoms with Crippen molar-refractivity contribution in [2.24, 2.45) is 5.73 Å². The molecular weight excluding hydrogens is 356 g/mol. The highest BCUT2D eigenvalue weighted by atomic mass is 35.5. The number of fused-ring (bicyclic) bond motifs is 1. The number of nitrogens with one attached hydrogen (secondary N) is 1. The SMILES string of the molecule is NC(=O)c1cccc(NC(=O)/C=C/c2cc(Cl)c3c(c2)OCCCO3)c1. The molecule has 0 aromatic heterocycles. The summed E-state index contributed by atoms with van der Waals surface area (Å²) in [7, 11) is 0. The maximum atomic E-state index is 12.1. The van der Waals surface area contributed by atoms with E-state index in [9.17, 15) is 9.59 Å². The molecule has 7 heteroatoms. The number of carbonyl (C=O) groups is 2. The van der Waals surface area contributed by atoms with Gasteiger partial charge in [-0.25, -0.2) is 0 Å². The Morgan fingerprint density at radius 1 is 1.15 bits per heavy atom. The summed E-state index contributed by atoms with van der Waals surface area (Å²) in [6.45, 7) is 1.10. The van der Waals surface area contributed by atoms with Gasteiger partial charge in [-0.2, -0.15) is 0 Å². The lowest BCUT2D eigenvalue weighted by molar-refractivity contribution is -0.111. The van der Waals surface area contributed by atoms with E-state index in [0.717, 1.165) is 6.42 Å². The second kappa shape index (κ2) is 7.93. The molecule has 0 aliphatic carbocycles. The molecule has 0 unspecified atom stereocenters. The van der Waals surface area contributed by atoms with Crippen molar-refractivity contribution in [1.82, 2.24) is 0 Å². The normalized spacial score (nSPS) is 13.3. The zero-order chi connectivity index (χ0) is 18.5. The Balaban J connectivity index is 1.72. The number of halogens is 1. The molecule has 0 saturated carbocycles. The van der Waals surface area contributed by atoms with Crippen LogP contribution in [0.2, 0.25) is 5.02 Å². The monoisotopic (exact) mass is 372 g/mol. The van der Waals surface area contributed by atoms with Gasteiger partial charge in [-0.05, 0) is 42.0 Å².